The molecule has 0 saturated carbocycles. The first-order chi connectivity index (χ1) is 11.3. The number of aryl methyl sites for hydroxylation is 1. The van der Waals surface area contributed by atoms with Crippen molar-refractivity contribution < 1.29 is 17.6 Å². The van der Waals surface area contributed by atoms with E-state index in [1.807, 2.05) is 30.3 Å². The fraction of sp³-hybridized carbons (Fsp3) is 0.235. The van der Waals surface area contributed by atoms with Crippen LogP contribution in [0.15, 0.2) is 48.5 Å². The van der Waals surface area contributed by atoms with Crippen molar-refractivity contribution in [1.29, 1.82) is 0 Å². The van der Waals surface area contributed by atoms with Crippen molar-refractivity contribution in [2.75, 3.05) is 22.9 Å². The van der Waals surface area contributed by atoms with Crippen molar-refractivity contribution in [3.63, 3.8) is 0 Å². The van der Waals surface area contributed by atoms with E-state index in [2.05, 4.69) is 5.32 Å². The molecule has 0 aliphatic rings. The minimum absolute atomic E-state index is 0.126. The van der Waals surface area contributed by atoms with Crippen LogP contribution in [-0.4, -0.2) is 27.6 Å². The summed E-state index contributed by atoms with van der Waals surface area (Å²) >= 11 is 0. The minimum atomic E-state index is -3.52. The molecule has 2 rings (SSSR count). The van der Waals surface area contributed by atoms with E-state index < -0.39 is 15.8 Å². The summed E-state index contributed by atoms with van der Waals surface area (Å²) in [6.45, 7) is 0. The SMILES string of the molecule is CN(c1ccc(F)cc1NC(=O)CCc1ccccc1)S(C)(=O)=O. The second kappa shape index (κ2) is 7.44. The van der Waals surface area contributed by atoms with Gasteiger partial charge in [-0.3, -0.25) is 9.10 Å². The van der Waals surface area contributed by atoms with E-state index in [1.54, 1.807) is 0 Å². The Balaban J connectivity index is 2.13. The molecule has 0 unspecified atom stereocenters. The Labute approximate surface area is 141 Å². The summed E-state index contributed by atoms with van der Waals surface area (Å²) in [5.74, 6) is -0.869. The van der Waals surface area contributed by atoms with Gasteiger partial charge in [-0.25, -0.2) is 12.8 Å². The molecule has 0 aliphatic heterocycles. The predicted molar refractivity (Wildman–Crippen MR) is 93.0 cm³/mol. The van der Waals surface area contributed by atoms with Gasteiger partial charge in [0.05, 0.1) is 17.6 Å². The summed E-state index contributed by atoms with van der Waals surface area (Å²) in [7, 11) is -2.17. The van der Waals surface area contributed by atoms with Crippen molar-refractivity contribution in [3.05, 3.63) is 59.9 Å². The van der Waals surface area contributed by atoms with E-state index in [4.69, 9.17) is 0 Å². The van der Waals surface area contributed by atoms with Gasteiger partial charge >= 0.3 is 0 Å². The lowest BCUT2D eigenvalue weighted by atomic mass is 10.1. The first-order valence-electron chi connectivity index (χ1n) is 7.34. The van der Waals surface area contributed by atoms with Crippen LogP contribution < -0.4 is 9.62 Å². The Kier molecular flexibility index (Phi) is 5.56. The highest BCUT2D eigenvalue weighted by atomic mass is 32.2. The summed E-state index contributed by atoms with van der Waals surface area (Å²) in [6.07, 6.45) is 1.79. The van der Waals surface area contributed by atoms with Crippen LogP contribution in [0.25, 0.3) is 0 Å². The largest absolute Gasteiger partial charge is 0.324 e. The number of anilines is 2. The maximum atomic E-state index is 13.5. The third-order valence-corrected chi connectivity index (χ3v) is 4.74. The zero-order valence-electron chi connectivity index (χ0n) is 13.5. The third-order valence-electron chi connectivity index (χ3n) is 3.55. The summed E-state index contributed by atoms with van der Waals surface area (Å²) < 4.78 is 37.9. The fourth-order valence-corrected chi connectivity index (χ4v) is 2.69. The van der Waals surface area contributed by atoms with Gasteiger partial charge in [0.25, 0.3) is 0 Å². The number of benzene rings is 2. The van der Waals surface area contributed by atoms with Gasteiger partial charge in [0, 0.05) is 13.5 Å². The molecule has 7 heteroatoms. The van der Waals surface area contributed by atoms with E-state index in [0.29, 0.717) is 6.42 Å². The summed E-state index contributed by atoms with van der Waals surface area (Å²) in [4.78, 5) is 12.1. The van der Waals surface area contributed by atoms with E-state index in [-0.39, 0.29) is 23.7 Å². The van der Waals surface area contributed by atoms with Crippen molar-refractivity contribution in [2.45, 2.75) is 12.8 Å². The zero-order valence-corrected chi connectivity index (χ0v) is 14.3. The zero-order chi connectivity index (χ0) is 17.7. The predicted octanol–water partition coefficient (Wildman–Crippen LogP) is 2.79. The second-order valence-corrected chi connectivity index (χ2v) is 7.44. The summed E-state index contributed by atoms with van der Waals surface area (Å²) in [6, 6.07) is 13.1. The third kappa shape index (κ3) is 4.79. The van der Waals surface area contributed by atoms with E-state index in [9.17, 15) is 17.6 Å². The molecule has 24 heavy (non-hydrogen) atoms. The molecular weight excluding hydrogens is 331 g/mol. The molecule has 0 radical (unpaired) electrons. The number of nitrogens with zero attached hydrogens (tertiary/aromatic N) is 1. The number of sulfonamides is 1. The number of carbonyl (C=O) groups is 1. The molecule has 0 aliphatic carbocycles. The van der Waals surface area contributed by atoms with Crippen LogP contribution in [0.3, 0.4) is 0 Å². The number of hydrogen-bond donors (Lipinski definition) is 1. The Hall–Kier alpha value is -2.41. The lowest BCUT2D eigenvalue weighted by molar-refractivity contribution is -0.116. The average molecular weight is 350 g/mol. The molecule has 5 nitrogen and oxygen atoms in total. The van der Waals surface area contributed by atoms with Crippen molar-refractivity contribution in [2.24, 2.45) is 0 Å². The Bertz CT molecular complexity index is 823. The molecule has 0 fully saturated rings. The highest BCUT2D eigenvalue weighted by molar-refractivity contribution is 7.92. The molecule has 128 valence electrons. The van der Waals surface area contributed by atoms with Crippen LogP contribution in [0.1, 0.15) is 12.0 Å². The summed E-state index contributed by atoms with van der Waals surface area (Å²) in [5.41, 5.74) is 1.35. The molecule has 0 aromatic heterocycles. The highest BCUT2D eigenvalue weighted by Gasteiger charge is 2.17. The quantitative estimate of drug-likeness (QED) is 0.871. The lowest BCUT2D eigenvalue weighted by Gasteiger charge is -2.20. The Morgan fingerprint density at radius 1 is 1.17 bits per heavy atom. The average Bonchev–Trinajstić information content (AvgIpc) is 2.53. The number of carbonyl (C=O) groups excluding carboxylic acids is 1. The first kappa shape index (κ1) is 17.9. The molecule has 1 amide bonds. The normalized spacial score (nSPS) is 11.1. The molecular formula is C17H19FN2O3S. The molecule has 0 saturated heterocycles. The molecule has 0 spiro atoms. The molecule has 0 bridgehead atoms. The van der Waals surface area contributed by atoms with Gasteiger partial charge in [-0.15, -0.1) is 0 Å². The number of amides is 1. The van der Waals surface area contributed by atoms with Gasteiger partial charge in [0.1, 0.15) is 5.82 Å². The first-order valence-corrected chi connectivity index (χ1v) is 9.19. The maximum absolute atomic E-state index is 13.5. The van der Waals surface area contributed by atoms with E-state index >= 15 is 0 Å². The molecule has 0 heterocycles. The highest BCUT2D eigenvalue weighted by Crippen LogP contribution is 2.27. The molecule has 2 aromatic carbocycles. The van der Waals surface area contributed by atoms with E-state index in [1.165, 1.54) is 13.1 Å². The number of rotatable bonds is 6. The van der Waals surface area contributed by atoms with Crippen LogP contribution in [-0.2, 0) is 21.2 Å². The smallest absolute Gasteiger partial charge is 0.232 e. The standard InChI is InChI=1S/C17H19FN2O3S/c1-20(24(2,22)23)16-10-9-14(18)12-15(16)19-17(21)11-8-13-6-4-3-5-7-13/h3-7,9-10,12H,8,11H2,1-2H3,(H,19,21). The number of nitrogens with one attached hydrogen (secondary N) is 1. The maximum Gasteiger partial charge on any atom is 0.232 e. The monoisotopic (exact) mass is 350 g/mol. The fourth-order valence-electron chi connectivity index (χ4n) is 2.18. The van der Waals surface area contributed by atoms with Crippen LogP contribution in [0, 0.1) is 5.82 Å². The van der Waals surface area contributed by atoms with Crippen LogP contribution >= 0.6 is 0 Å². The molecule has 1 N–H and O–H groups in total. The van der Waals surface area contributed by atoms with Gasteiger partial charge in [-0.05, 0) is 30.2 Å². The Morgan fingerprint density at radius 3 is 2.46 bits per heavy atom. The van der Waals surface area contributed by atoms with Gasteiger partial charge in [0.15, 0.2) is 0 Å². The van der Waals surface area contributed by atoms with Gasteiger partial charge in [-0.2, -0.15) is 0 Å². The van der Waals surface area contributed by atoms with Crippen LogP contribution in [0.2, 0.25) is 0 Å². The van der Waals surface area contributed by atoms with Crippen molar-refractivity contribution >= 4 is 27.3 Å². The second-order valence-electron chi connectivity index (χ2n) is 5.43. The van der Waals surface area contributed by atoms with Crippen LogP contribution in [0.5, 0.6) is 0 Å². The number of hydrogen-bond acceptors (Lipinski definition) is 3. The molecule has 2 aromatic rings. The topological polar surface area (TPSA) is 66.5 Å². The summed E-state index contributed by atoms with van der Waals surface area (Å²) in [5, 5.41) is 2.59. The van der Waals surface area contributed by atoms with Gasteiger partial charge in [-0.1, -0.05) is 30.3 Å². The lowest BCUT2D eigenvalue weighted by Crippen LogP contribution is -2.26. The van der Waals surface area contributed by atoms with Crippen molar-refractivity contribution in [1.82, 2.24) is 0 Å². The van der Waals surface area contributed by atoms with Crippen molar-refractivity contribution in [3.8, 4) is 0 Å². The Morgan fingerprint density at radius 2 is 1.83 bits per heavy atom. The van der Waals surface area contributed by atoms with Gasteiger partial charge < -0.3 is 5.32 Å². The van der Waals surface area contributed by atoms with Crippen LogP contribution in [0.4, 0.5) is 15.8 Å². The number of halogens is 1. The van der Waals surface area contributed by atoms with E-state index in [0.717, 1.165) is 28.3 Å². The molecule has 0 atom stereocenters. The van der Waals surface area contributed by atoms with Gasteiger partial charge in [0.2, 0.25) is 15.9 Å². The minimum Gasteiger partial charge on any atom is -0.324 e.